The van der Waals surface area contributed by atoms with Gasteiger partial charge in [0.25, 0.3) is 5.91 Å². The van der Waals surface area contributed by atoms with Crippen LogP contribution in [0.15, 0.2) is 12.1 Å². The highest BCUT2D eigenvalue weighted by molar-refractivity contribution is 6.00. The molecule has 1 aliphatic heterocycles. The van der Waals surface area contributed by atoms with Crippen molar-refractivity contribution in [3.05, 3.63) is 29.1 Å². The SMILES string of the molecule is N#CCC(=O)Nc1cc(F)c2c(c1)C(=O)NC2. The lowest BCUT2D eigenvalue weighted by atomic mass is 10.1. The molecule has 0 saturated heterocycles. The van der Waals surface area contributed by atoms with Crippen LogP contribution < -0.4 is 10.6 Å². The molecule has 1 aromatic carbocycles. The molecule has 86 valence electrons. The minimum atomic E-state index is -0.548. The van der Waals surface area contributed by atoms with Gasteiger partial charge in [-0.15, -0.1) is 0 Å². The van der Waals surface area contributed by atoms with Crippen molar-refractivity contribution in [1.29, 1.82) is 5.26 Å². The first-order chi connectivity index (χ1) is 8.11. The van der Waals surface area contributed by atoms with Crippen LogP contribution in [0.1, 0.15) is 22.3 Å². The zero-order chi connectivity index (χ0) is 12.4. The number of nitrogens with one attached hydrogen (secondary N) is 2. The third-order valence-corrected chi connectivity index (χ3v) is 2.39. The summed E-state index contributed by atoms with van der Waals surface area (Å²) in [4.78, 5) is 22.5. The fraction of sp³-hybridized carbons (Fsp3) is 0.182. The van der Waals surface area contributed by atoms with Crippen molar-refractivity contribution >= 4 is 17.5 Å². The molecule has 1 aliphatic rings. The van der Waals surface area contributed by atoms with E-state index in [9.17, 15) is 14.0 Å². The molecule has 5 nitrogen and oxygen atoms in total. The zero-order valence-electron chi connectivity index (χ0n) is 8.71. The Hall–Kier alpha value is -2.42. The summed E-state index contributed by atoms with van der Waals surface area (Å²) in [7, 11) is 0. The van der Waals surface area contributed by atoms with Crippen LogP contribution in [0.3, 0.4) is 0 Å². The summed E-state index contributed by atoms with van der Waals surface area (Å²) in [5.41, 5.74) is 0.698. The maximum atomic E-state index is 13.6. The Morgan fingerprint density at radius 2 is 2.35 bits per heavy atom. The van der Waals surface area contributed by atoms with Gasteiger partial charge in [0.2, 0.25) is 5.91 Å². The van der Waals surface area contributed by atoms with E-state index >= 15 is 0 Å². The van der Waals surface area contributed by atoms with Crippen LogP contribution in [-0.2, 0) is 11.3 Å². The minimum absolute atomic E-state index is 0.159. The van der Waals surface area contributed by atoms with Crippen molar-refractivity contribution in [3.8, 4) is 6.07 Å². The van der Waals surface area contributed by atoms with E-state index in [-0.39, 0.29) is 30.1 Å². The molecule has 2 rings (SSSR count). The monoisotopic (exact) mass is 233 g/mol. The normalized spacial score (nSPS) is 12.6. The Balaban J connectivity index is 2.30. The predicted molar refractivity (Wildman–Crippen MR) is 56.4 cm³/mol. The Bertz CT molecular complexity index is 548. The van der Waals surface area contributed by atoms with Gasteiger partial charge in [-0.25, -0.2) is 4.39 Å². The summed E-state index contributed by atoms with van der Waals surface area (Å²) in [6, 6.07) is 4.21. The van der Waals surface area contributed by atoms with E-state index in [1.165, 1.54) is 6.07 Å². The fourth-order valence-electron chi connectivity index (χ4n) is 1.63. The molecule has 0 spiro atoms. The van der Waals surface area contributed by atoms with Crippen LogP contribution in [0.25, 0.3) is 0 Å². The lowest BCUT2D eigenvalue weighted by Crippen LogP contribution is -2.13. The first-order valence-electron chi connectivity index (χ1n) is 4.89. The molecular weight excluding hydrogens is 225 g/mol. The molecule has 0 aliphatic carbocycles. The summed E-state index contributed by atoms with van der Waals surface area (Å²) in [5.74, 6) is -1.45. The maximum Gasteiger partial charge on any atom is 0.252 e. The Kier molecular flexibility index (Phi) is 2.75. The van der Waals surface area contributed by atoms with Crippen LogP contribution in [0.2, 0.25) is 0 Å². The molecule has 0 atom stereocenters. The molecule has 6 heteroatoms. The summed E-state index contributed by atoms with van der Waals surface area (Å²) >= 11 is 0. The number of carbonyl (C=O) groups excluding carboxylic acids is 2. The van der Waals surface area contributed by atoms with Gasteiger partial charge in [-0.1, -0.05) is 0 Å². The number of hydrogen-bond acceptors (Lipinski definition) is 3. The Morgan fingerprint density at radius 1 is 1.59 bits per heavy atom. The van der Waals surface area contributed by atoms with Crippen LogP contribution in [0.5, 0.6) is 0 Å². The highest BCUT2D eigenvalue weighted by Crippen LogP contribution is 2.23. The van der Waals surface area contributed by atoms with Gasteiger partial charge >= 0.3 is 0 Å². The second-order valence-corrected chi connectivity index (χ2v) is 3.55. The van der Waals surface area contributed by atoms with E-state index in [1.54, 1.807) is 6.07 Å². The van der Waals surface area contributed by atoms with Crippen molar-refractivity contribution in [2.75, 3.05) is 5.32 Å². The van der Waals surface area contributed by atoms with Crippen LogP contribution in [-0.4, -0.2) is 11.8 Å². The second-order valence-electron chi connectivity index (χ2n) is 3.55. The number of benzene rings is 1. The molecule has 2 amide bonds. The Labute approximate surface area is 96.2 Å². The zero-order valence-corrected chi connectivity index (χ0v) is 8.71. The number of amides is 2. The number of anilines is 1. The smallest absolute Gasteiger partial charge is 0.252 e. The lowest BCUT2D eigenvalue weighted by molar-refractivity contribution is -0.115. The maximum absolute atomic E-state index is 13.6. The van der Waals surface area contributed by atoms with Crippen molar-refractivity contribution in [2.24, 2.45) is 0 Å². The van der Waals surface area contributed by atoms with Crippen molar-refractivity contribution in [3.63, 3.8) is 0 Å². The topological polar surface area (TPSA) is 82.0 Å². The van der Waals surface area contributed by atoms with E-state index in [4.69, 9.17) is 5.26 Å². The number of hydrogen-bond donors (Lipinski definition) is 2. The summed E-state index contributed by atoms with van der Waals surface area (Å²) in [6.07, 6.45) is -0.315. The van der Waals surface area contributed by atoms with E-state index in [0.29, 0.717) is 5.56 Å². The molecule has 0 fully saturated rings. The van der Waals surface area contributed by atoms with E-state index in [1.807, 2.05) is 0 Å². The van der Waals surface area contributed by atoms with Gasteiger partial charge in [-0.3, -0.25) is 9.59 Å². The number of nitriles is 1. The van der Waals surface area contributed by atoms with E-state index in [2.05, 4.69) is 10.6 Å². The minimum Gasteiger partial charge on any atom is -0.348 e. The molecule has 17 heavy (non-hydrogen) atoms. The van der Waals surface area contributed by atoms with Crippen molar-refractivity contribution in [2.45, 2.75) is 13.0 Å². The van der Waals surface area contributed by atoms with Gasteiger partial charge in [-0.05, 0) is 12.1 Å². The first kappa shape index (κ1) is 11.1. The third-order valence-electron chi connectivity index (χ3n) is 2.39. The van der Waals surface area contributed by atoms with Crippen LogP contribution in [0, 0.1) is 17.1 Å². The van der Waals surface area contributed by atoms with Gasteiger partial charge < -0.3 is 10.6 Å². The molecule has 1 heterocycles. The van der Waals surface area contributed by atoms with E-state index < -0.39 is 11.7 Å². The molecule has 0 saturated carbocycles. The number of nitrogens with zero attached hydrogens (tertiary/aromatic N) is 1. The molecule has 2 N–H and O–H groups in total. The molecule has 0 radical (unpaired) electrons. The molecule has 1 aromatic rings. The Morgan fingerprint density at radius 3 is 3.06 bits per heavy atom. The molecule has 0 unspecified atom stereocenters. The van der Waals surface area contributed by atoms with Gasteiger partial charge in [0, 0.05) is 23.4 Å². The molecular formula is C11H8FN3O2. The molecule has 0 bridgehead atoms. The van der Waals surface area contributed by atoms with E-state index in [0.717, 1.165) is 6.07 Å². The quantitative estimate of drug-likeness (QED) is 0.796. The number of fused-ring (bicyclic) bond motifs is 1. The second kappa shape index (κ2) is 4.22. The summed E-state index contributed by atoms with van der Waals surface area (Å²) < 4.78 is 13.6. The fourth-order valence-corrected chi connectivity index (χ4v) is 1.63. The van der Waals surface area contributed by atoms with Crippen LogP contribution in [0.4, 0.5) is 10.1 Å². The summed E-state index contributed by atoms with van der Waals surface area (Å²) in [5, 5.41) is 13.2. The summed E-state index contributed by atoms with van der Waals surface area (Å²) in [6.45, 7) is 0.159. The van der Waals surface area contributed by atoms with Crippen molar-refractivity contribution in [1.82, 2.24) is 5.32 Å². The van der Waals surface area contributed by atoms with Crippen molar-refractivity contribution < 1.29 is 14.0 Å². The predicted octanol–water partition coefficient (Wildman–Crippen LogP) is 0.921. The number of rotatable bonds is 2. The third kappa shape index (κ3) is 2.08. The average molecular weight is 233 g/mol. The van der Waals surface area contributed by atoms with Crippen LogP contribution >= 0.6 is 0 Å². The molecule has 0 aromatic heterocycles. The number of carbonyl (C=O) groups is 2. The largest absolute Gasteiger partial charge is 0.348 e. The lowest BCUT2D eigenvalue weighted by Gasteiger charge is -2.05. The number of halogens is 1. The first-order valence-corrected chi connectivity index (χ1v) is 4.89. The average Bonchev–Trinajstić information content (AvgIpc) is 2.61. The highest BCUT2D eigenvalue weighted by Gasteiger charge is 2.23. The standard InChI is InChI=1S/C11H8FN3O2/c12-9-4-6(15-10(16)1-2-13)3-7-8(9)5-14-11(7)17/h3-4H,1,5H2,(H,14,17)(H,15,16). The van der Waals surface area contributed by atoms with Gasteiger partial charge in [0.15, 0.2) is 0 Å². The van der Waals surface area contributed by atoms with Gasteiger partial charge in [0.05, 0.1) is 6.07 Å². The van der Waals surface area contributed by atoms with Gasteiger partial charge in [0.1, 0.15) is 12.2 Å². The van der Waals surface area contributed by atoms with Gasteiger partial charge in [-0.2, -0.15) is 5.26 Å². The highest BCUT2D eigenvalue weighted by atomic mass is 19.1.